The van der Waals surface area contributed by atoms with Gasteiger partial charge in [-0.05, 0) is 36.4 Å². The van der Waals surface area contributed by atoms with Gasteiger partial charge in [0.05, 0.1) is 10.6 Å². The molecular formula is C14H9ClFN3O. The molecule has 6 heteroatoms. The molecule has 2 aromatic carbocycles. The number of amides is 1. The number of anilines is 2. The van der Waals surface area contributed by atoms with Crippen LogP contribution in [-0.4, -0.2) is 5.91 Å². The summed E-state index contributed by atoms with van der Waals surface area (Å²) in [5, 5.41) is 11.5. The predicted molar refractivity (Wildman–Crippen MR) is 74.9 cm³/mol. The summed E-state index contributed by atoms with van der Waals surface area (Å²) in [7, 11) is 0. The summed E-state index contributed by atoms with van der Waals surface area (Å²) >= 11 is 5.86. The van der Waals surface area contributed by atoms with Gasteiger partial charge in [-0.15, -0.1) is 0 Å². The highest BCUT2D eigenvalue weighted by Crippen LogP contribution is 2.21. The van der Waals surface area contributed by atoms with Crippen molar-refractivity contribution in [2.75, 3.05) is 11.1 Å². The highest BCUT2D eigenvalue weighted by Gasteiger charge is 2.09. The highest BCUT2D eigenvalue weighted by atomic mass is 35.5. The Morgan fingerprint density at radius 2 is 2.05 bits per heavy atom. The maximum absolute atomic E-state index is 13.2. The van der Waals surface area contributed by atoms with Gasteiger partial charge in [-0.1, -0.05) is 11.6 Å². The quantitative estimate of drug-likeness (QED) is 0.833. The van der Waals surface area contributed by atoms with E-state index in [0.717, 1.165) is 12.1 Å². The standard InChI is InChI=1S/C14H9ClFN3O/c15-13-6-12(2-1-8(13)7-17)19-14(20)9-3-10(16)5-11(18)4-9/h1-6H,18H2,(H,19,20). The summed E-state index contributed by atoms with van der Waals surface area (Å²) in [5.41, 5.74) is 6.45. The van der Waals surface area contributed by atoms with E-state index < -0.39 is 11.7 Å². The van der Waals surface area contributed by atoms with Crippen molar-refractivity contribution in [2.24, 2.45) is 0 Å². The third-order valence-corrected chi connectivity index (χ3v) is 2.84. The molecule has 0 saturated carbocycles. The Balaban J connectivity index is 2.23. The molecular weight excluding hydrogens is 281 g/mol. The molecule has 0 aromatic heterocycles. The van der Waals surface area contributed by atoms with Gasteiger partial charge in [0.15, 0.2) is 0 Å². The monoisotopic (exact) mass is 289 g/mol. The van der Waals surface area contributed by atoms with Gasteiger partial charge in [0.2, 0.25) is 0 Å². The zero-order valence-electron chi connectivity index (χ0n) is 10.2. The maximum Gasteiger partial charge on any atom is 0.255 e. The molecule has 3 N–H and O–H groups in total. The molecule has 20 heavy (non-hydrogen) atoms. The number of benzene rings is 2. The van der Waals surface area contributed by atoms with Crippen molar-refractivity contribution in [3.63, 3.8) is 0 Å². The number of carbonyl (C=O) groups excluding carboxylic acids is 1. The molecule has 2 rings (SSSR count). The number of nitrogen functional groups attached to an aromatic ring is 1. The Hall–Kier alpha value is -2.58. The molecule has 4 nitrogen and oxygen atoms in total. The lowest BCUT2D eigenvalue weighted by molar-refractivity contribution is 0.102. The van der Waals surface area contributed by atoms with Crippen molar-refractivity contribution in [3.8, 4) is 6.07 Å². The minimum absolute atomic E-state index is 0.1000. The van der Waals surface area contributed by atoms with E-state index in [1.165, 1.54) is 24.3 Å². The van der Waals surface area contributed by atoms with Gasteiger partial charge in [-0.25, -0.2) is 4.39 Å². The van der Waals surface area contributed by atoms with E-state index in [0.29, 0.717) is 11.3 Å². The van der Waals surface area contributed by atoms with Crippen LogP contribution in [0.5, 0.6) is 0 Å². The molecule has 0 bridgehead atoms. The summed E-state index contributed by atoms with van der Waals surface area (Å²) in [6.45, 7) is 0. The number of carbonyl (C=O) groups is 1. The fraction of sp³-hybridized carbons (Fsp3) is 0. The third-order valence-electron chi connectivity index (χ3n) is 2.53. The summed E-state index contributed by atoms with van der Waals surface area (Å²) < 4.78 is 13.2. The first-order chi connectivity index (χ1) is 9.49. The minimum Gasteiger partial charge on any atom is -0.399 e. The Kier molecular flexibility index (Phi) is 3.87. The molecule has 0 aliphatic rings. The molecule has 100 valence electrons. The molecule has 0 fully saturated rings. The molecule has 0 radical (unpaired) electrons. The largest absolute Gasteiger partial charge is 0.399 e. The van der Waals surface area contributed by atoms with Gasteiger partial charge in [0.1, 0.15) is 11.9 Å². The first-order valence-corrected chi connectivity index (χ1v) is 5.94. The van der Waals surface area contributed by atoms with Crippen LogP contribution in [-0.2, 0) is 0 Å². The molecule has 0 heterocycles. The Morgan fingerprint density at radius 3 is 2.65 bits per heavy atom. The van der Waals surface area contributed by atoms with Gasteiger partial charge in [0, 0.05) is 16.9 Å². The van der Waals surface area contributed by atoms with Crippen molar-refractivity contribution >= 4 is 28.9 Å². The zero-order valence-corrected chi connectivity index (χ0v) is 10.9. The van der Waals surface area contributed by atoms with Crippen molar-refractivity contribution in [1.29, 1.82) is 5.26 Å². The van der Waals surface area contributed by atoms with Crippen molar-refractivity contribution < 1.29 is 9.18 Å². The Bertz CT molecular complexity index is 705. The van der Waals surface area contributed by atoms with Gasteiger partial charge in [0.25, 0.3) is 5.91 Å². The summed E-state index contributed by atoms with van der Waals surface area (Å²) in [4.78, 5) is 11.9. The van der Waals surface area contributed by atoms with Crippen molar-refractivity contribution in [3.05, 3.63) is 58.4 Å². The van der Waals surface area contributed by atoms with Gasteiger partial charge >= 0.3 is 0 Å². The summed E-state index contributed by atoms with van der Waals surface area (Å²) in [5.74, 6) is -1.11. The Morgan fingerprint density at radius 1 is 1.30 bits per heavy atom. The Labute approximate surface area is 119 Å². The first-order valence-electron chi connectivity index (χ1n) is 5.56. The fourth-order valence-electron chi connectivity index (χ4n) is 1.63. The van der Waals surface area contributed by atoms with Gasteiger partial charge in [-0.3, -0.25) is 4.79 Å². The van der Waals surface area contributed by atoms with E-state index in [-0.39, 0.29) is 16.3 Å². The minimum atomic E-state index is -0.590. The fourth-order valence-corrected chi connectivity index (χ4v) is 1.85. The number of nitrogens with two attached hydrogens (primary N) is 1. The predicted octanol–water partition coefficient (Wildman–Crippen LogP) is 3.19. The smallest absolute Gasteiger partial charge is 0.255 e. The first kappa shape index (κ1) is 13.8. The van der Waals surface area contributed by atoms with Crippen LogP contribution in [0.15, 0.2) is 36.4 Å². The second-order valence-corrected chi connectivity index (χ2v) is 4.44. The second-order valence-electron chi connectivity index (χ2n) is 4.03. The van der Waals surface area contributed by atoms with Crippen molar-refractivity contribution in [1.82, 2.24) is 0 Å². The topological polar surface area (TPSA) is 78.9 Å². The second kappa shape index (κ2) is 5.59. The molecule has 0 saturated heterocycles. The number of halogens is 2. The average Bonchev–Trinajstić information content (AvgIpc) is 2.37. The SMILES string of the molecule is N#Cc1ccc(NC(=O)c2cc(N)cc(F)c2)cc1Cl. The number of nitriles is 1. The third kappa shape index (κ3) is 3.05. The zero-order chi connectivity index (χ0) is 14.7. The van der Waals surface area contributed by atoms with E-state index in [9.17, 15) is 9.18 Å². The van der Waals surface area contributed by atoms with Gasteiger partial charge < -0.3 is 11.1 Å². The van der Waals surface area contributed by atoms with Crippen molar-refractivity contribution in [2.45, 2.75) is 0 Å². The van der Waals surface area contributed by atoms with Crippen LogP contribution in [0.4, 0.5) is 15.8 Å². The van der Waals surface area contributed by atoms with Crippen LogP contribution in [0, 0.1) is 17.1 Å². The average molecular weight is 290 g/mol. The number of nitrogens with one attached hydrogen (secondary N) is 1. The van der Waals surface area contributed by atoms with E-state index in [1.807, 2.05) is 6.07 Å². The van der Waals surface area contributed by atoms with E-state index >= 15 is 0 Å². The number of hydrogen-bond acceptors (Lipinski definition) is 3. The number of nitrogens with zero attached hydrogens (tertiary/aromatic N) is 1. The van der Waals surface area contributed by atoms with Crippen LogP contribution in [0.3, 0.4) is 0 Å². The van der Waals surface area contributed by atoms with Gasteiger partial charge in [-0.2, -0.15) is 5.26 Å². The lowest BCUT2D eigenvalue weighted by Gasteiger charge is -2.07. The molecule has 2 aromatic rings. The maximum atomic E-state index is 13.2. The summed E-state index contributed by atoms with van der Waals surface area (Å²) in [6, 6.07) is 9.94. The number of hydrogen-bond donors (Lipinski definition) is 2. The summed E-state index contributed by atoms with van der Waals surface area (Å²) in [6.07, 6.45) is 0. The normalized spacial score (nSPS) is 9.85. The lowest BCUT2D eigenvalue weighted by atomic mass is 10.1. The van der Waals surface area contributed by atoms with E-state index in [4.69, 9.17) is 22.6 Å². The van der Waals surface area contributed by atoms with Crippen LogP contribution >= 0.6 is 11.6 Å². The van der Waals surface area contributed by atoms with Crippen LogP contribution in [0.25, 0.3) is 0 Å². The molecule has 0 spiro atoms. The molecule has 0 unspecified atom stereocenters. The molecule has 0 aliphatic carbocycles. The molecule has 0 atom stereocenters. The van der Waals surface area contributed by atoms with Crippen LogP contribution < -0.4 is 11.1 Å². The molecule has 1 amide bonds. The highest BCUT2D eigenvalue weighted by molar-refractivity contribution is 6.32. The van der Waals surface area contributed by atoms with E-state index in [1.54, 1.807) is 0 Å². The van der Waals surface area contributed by atoms with E-state index in [2.05, 4.69) is 5.32 Å². The van der Waals surface area contributed by atoms with Crippen LogP contribution in [0.1, 0.15) is 15.9 Å². The number of rotatable bonds is 2. The van der Waals surface area contributed by atoms with Crippen LogP contribution in [0.2, 0.25) is 5.02 Å². The molecule has 0 aliphatic heterocycles. The lowest BCUT2D eigenvalue weighted by Crippen LogP contribution is -2.12.